The van der Waals surface area contributed by atoms with E-state index in [1.807, 2.05) is 61.5 Å². The van der Waals surface area contributed by atoms with Crippen LogP contribution in [0.15, 0.2) is 60.3 Å². The molecule has 1 aliphatic rings. The molecule has 0 spiro atoms. The molecule has 0 bridgehead atoms. The fraction of sp³-hybridized carbons (Fsp3) is 0.111. The number of amides is 1. The van der Waals surface area contributed by atoms with Gasteiger partial charge in [0.1, 0.15) is 11.4 Å². The zero-order valence-corrected chi connectivity index (χ0v) is 13.5. The molecule has 1 fully saturated rings. The highest BCUT2D eigenvalue weighted by Gasteiger charge is 2.31. The van der Waals surface area contributed by atoms with E-state index >= 15 is 0 Å². The Balaban J connectivity index is 1.94. The van der Waals surface area contributed by atoms with E-state index in [-0.39, 0.29) is 5.91 Å². The van der Waals surface area contributed by atoms with Crippen molar-refractivity contribution in [1.82, 2.24) is 5.32 Å². The summed E-state index contributed by atoms with van der Waals surface area (Å²) in [4.78, 5) is 14.1. The average molecular weight is 324 g/mol. The molecule has 2 aromatic rings. The monoisotopic (exact) mass is 324 g/mol. The highest BCUT2D eigenvalue weighted by atomic mass is 32.1. The first-order valence-electron chi connectivity index (χ1n) is 7.34. The first-order valence-corrected chi connectivity index (χ1v) is 7.75. The van der Waals surface area contributed by atoms with Gasteiger partial charge in [0.25, 0.3) is 5.91 Å². The predicted octanol–water partition coefficient (Wildman–Crippen LogP) is 3.35. The number of ether oxygens (including phenoxy) is 1. The van der Waals surface area contributed by atoms with Gasteiger partial charge in [0.05, 0.1) is 12.3 Å². The molecule has 0 aliphatic carbocycles. The molecule has 1 aliphatic heterocycles. The Labute approximate surface area is 140 Å². The summed E-state index contributed by atoms with van der Waals surface area (Å²) in [6.07, 6.45) is 1.77. The average Bonchev–Trinajstić information content (AvgIpc) is 2.84. The number of nitrogens with one attached hydrogen (secondary N) is 1. The van der Waals surface area contributed by atoms with Crippen molar-refractivity contribution in [2.75, 3.05) is 11.5 Å². The Morgan fingerprint density at radius 3 is 2.57 bits per heavy atom. The van der Waals surface area contributed by atoms with Crippen LogP contribution >= 0.6 is 12.2 Å². The van der Waals surface area contributed by atoms with Crippen LogP contribution in [-0.4, -0.2) is 17.6 Å². The third-order valence-corrected chi connectivity index (χ3v) is 3.70. The second kappa shape index (κ2) is 6.62. The molecule has 5 heteroatoms. The molecule has 1 amide bonds. The Kier molecular flexibility index (Phi) is 4.39. The SMILES string of the molecule is CCOc1ccccc1C=C1NC(=S)N(c2ccccc2)C1=O. The summed E-state index contributed by atoms with van der Waals surface area (Å²) in [6, 6.07) is 16.9. The van der Waals surface area contributed by atoms with Crippen molar-refractivity contribution in [3.8, 4) is 5.75 Å². The van der Waals surface area contributed by atoms with Crippen molar-refractivity contribution in [3.05, 3.63) is 65.9 Å². The normalized spacial score (nSPS) is 15.9. The van der Waals surface area contributed by atoms with Crippen LogP contribution in [0.5, 0.6) is 5.75 Å². The van der Waals surface area contributed by atoms with Crippen molar-refractivity contribution in [1.29, 1.82) is 0 Å². The maximum Gasteiger partial charge on any atom is 0.281 e. The number of anilines is 1. The number of thiocarbonyl (C=S) groups is 1. The van der Waals surface area contributed by atoms with E-state index < -0.39 is 0 Å². The van der Waals surface area contributed by atoms with Crippen LogP contribution < -0.4 is 15.0 Å². The molecule has 116 valence electrons. The van der Waals surface area contributed by atoms with E-state index in [4.69, 9.17) is 17.0 Å². The maximum atomic E-state index is 12.7. The molecular formula is C18H16N2O2S. The summed E-state index contributed by atoms with van der Waals surface area (Å²) in [5.74, 6) is 0.564. The lowest BCUT2D eigenvalue weighted by Crippen LogP contribution is -2.30. The number of hydrogen-bond acceptors (Lipinski definition) is 3. The number of hydrogen-bond donors (Lipinski definition) is 1. The molecule has 0 aromatic heterocycles. The van der Waals surface area contributed by atoms with Crippen LogP contribution in [0.3, 0.4) is 0 Å². The summed E-state index contributed by atoms with van der Waals surface area (Å²) in [5.41, 5.74) is 2.02. The van der Waals surface area contributed by atoms with E-state index in [1.54, 1.807) is 6.08 Å². The molecule has 0 atom stereocenters. The summed E-state index contributed by atoms with van der Waals surface area (Å²) < 4.78 is 5.59. The van der Waals surface area contributed by atoms with Gasteiger partial charge in [0, 0.05) is 5.56 Å². The van der Waals surface area contributed by atoms with E-state index in [9.17, 15) is 4.79 Å². The predicted molar refractivity (Wildman–Crippen MR) is 95.2 cm³/mol. The number of rotatable bonds is 4. The van der Waals surface area contributed by atoms with Crippen LogP contribution in [0, 0.1) is 0 Å². The molecule has 0 radical (unpaired) electrons. The van der Waals surface area contributed by atoms with Gasteiger partial charge in [-0.2, -0.15) is 0 Å². The van der Waals surface area contributed by atoms with Gasteiger partial charge in [-0.25, -0.2) is 0 Å². The molecular weight excluding hydrogens is 308 g/mol. The van der Waals surface area contributed by atoms with E-state index in [1.165, 1.54) is 4.90 Å². The fourth-order valence-electron chi connectivity index (χ4n) is 2.39. The minimum absolute atomic E-state index is 0.174. The molecule has 0 saturated carbocycles. The second-order valence-electron chi connectivity index (χ2n) is 4.94. The summed E-state index contributed by atoms with van der Waals surface area (Å²) in [6.45, 7) is 2.49. The van der Waals surface area contributed by atoms with E-state index in [2.05, 4.69) is 5.32 Å². The van der Waals surface area contributed by atoms with Crippen LogP contribution in [0.25, 0.3) is 6.08 Å². The first kappa shape index (κ1) is 15.2. The third-order valence-electron chi connectivity index (χ3n) is 3.41. The van der Waals surface area contributed by atoms with Gasteiger partial charge >= 0.3 is 0 Å². The van der Waals surface area contributed by atoms with E-state index in [0.29, 0.717) is 17.4 Å². The Morgan fingerprint density at radius 1 is 1.13 bits per heavy atom. The zero-order chi connectivity index (χ0) is 16.2. The molecule has 4 nitrogen and oxygen atoms in total. The van der Waals surface area contributed by atoms with Gasteiger partial charge in [0.15, 0.2) is 5.11 Å². The molecule has 0 unspecified atom stereocenters. The molecule has 1 saturated heterocycles. The topological polar surface area (TPSA) is 41.6 Å². The summed E-state index contributed by atoms with van der Waals surface area (Å²) in [5, 5.41) is 3.36. The van der Waals surface area contributed by atoms with Gasteiger partial charge < -0.3 is 10.1 Å². The number of carbonyl (C=O) groups is 1. The van der Waals surface area contributed by atoms with Gasteiger partial charge in [-0.05, 0) is 43.4 Å². The largest absolute Gasteiger partial charge is 0.493 e. The van der Waals surface area contributed by atoms with Crippen LogP contribution in [0.2, 0.25) is 0 Å². The van der Waals surface area contributed by atoms with Gasteiger partial charge in [-0.3, -0.25) is 9.69 Å². The van der Waals surface area contributed by atoms with Crippen molar-refractivity contribution in [2.45, 2.75) is 6.92 Å². The van der Waals surface area contributed by atoms with Crippen molar-refractivity contribution in [3.63, 3.8) is 0 Å². The Hall–Kier alpha value is -2.66. The fourth-order valence-corrected chi connectivity index (χ4v) is 2.69. The number of carbonyl (C=O) groups excluding carboxylic acids is 1. The van der Waals surface area contributed by atoms with Crippen molar-refractivity contribution >= 4 is 35.0 Å². The van der Waals surface area contributed by atoms with Gasteiger partial charge in [0.2, 0.25) is 0 Å². The van der Waals surface area contributed by atoms with E-state index in [0.717, 1.165) is 17.0 Å². The maximum absolute atomic E-state index is 12.7. The van der Waals surface area contributed by atoms with Gasteiger partial charge in [-0.15, -0.1) is 0 Å². The molecule has 1 heterocycles. The van der Waals surface area contributed by atoms with Gasteiger partial charge in [-0.1, -0.05) is 36.4 Å². The quantitative estimate of drug-likeness (QED) is 0.692. The molecule has 2 aromatic carbocycles. The minimum Gasteiger partial charge on any atom is -0.493 e. The number of para-hydroxylation sites is 2. The summed E-state index contributed by atoms with van der Waals surface area (Å²) in [7, 11) is 0. The van der Waals surface area contributed by atoms with Crippen LogP contribution in [0.1, 0.15) is 12.5 Å². The van der Waals surface area contributed by atoms with Crippen LogP contribution in [-0.2, 0) is 4.79 Å². The molecule has 1 N–H and O–H groups in total. The second-order valence-corrected chi connectivity index (χ2v) is 5.32. The van der Waals surface area contributed by atoms with Crippen LogP contribution in [0.4, 0.5) is 5.69 Å². The lowest BCUT2D eigenvalue weighted by Gasteiger charge is -2.13. The lowest BCUT2D eigenvalue weighted by atomic mass is 10.1. The van der Waals surface area contributed by atoms with Crippen molar-refractivity contribution in [2.24, 2.45) is 0 Å². The highest BCUT2D eigenvalue weighted by molar-refractivity contribution is 7.80. The third kappa shape index (κ3) is 3.10. The first-order chi connectivity index (χ1) is 11.2. The molecule has 23 heavy (non-hydrogen) atoms. The summed E-state index contributed by atoms with van der Waals surface area (Å²) >= 11 is 5.30. The lowest BCUT2D eigenvalue weighted by molar-refractivity contribution is -0.113. The Bertz CT molecular complexity index is 772. The standard InChI is InChI=1S/C18H16N2O2S/c1-2-22-16-11-7-6-8-13(16)12-15-17(21)20(18(23)19-15)14-9-4-3-5-10-14/h3-12H,2H2,1H3,(H,19,23). The smallest absolute Gasteiger partial charge is 0.281 e. The Morgan fingerprint density at radius 2 is 1.83 bits per heavy atom. The number of nitrogens with zero attached hydrogens (tertiary/aromatic N) is 1. The minimum atomic E-state index is -0.174. The molecule has 3 rings (SSSR count). The number of benzene rings is 2. The van der Waals surface area contributed by atoms with Crippen molar-refractivity contribution < 1.29 is 9.53 Å². The zero-order valence-electron chi connectivity index (χ0n) is 12.7. The highest BCUT2D eigenvalue weighted by Crippen LogP contribution is 2.25.